The number of fused-ring (bicyclic) bond motifs is 1. The number of carboxylic acid groups (broad SMARTS) is 1. The molecule has 0 amide bonds. The summed E-state index contributed by atoms with van der Waals surface area (Å²) in [6.07, 6.45) is 1.35. The van der Waals surface area contributed by atoms with Gasteiger partial charge in [-0.2, -0.15) is 9.78 Å². The Hall–Kier alpha value is -5.36. The maximum absolute atomic E-state index is 13.8. The van der Waals surface area contributed by atoms with Crippen molar-refractivity contribution in [3.63, 3.8) is 0 Å². The van der Waals surface area contributed by atoms with Crippen molar-refractivity contribution in [2.45, 2.75) is 33.3 Å². The monoisotopic (exact) mass is 684 g/mol. The first-order chi connectivity index (χ1) is 22.0. The third kappa shape index (κ3) is 6.52. The normalized spacial score (nSPS) is 11.3. The summed E-state index contributed by atoms with van der Waals surface area (Å²) >= 11 is 3.37. The summed E-state index contributed by atoms with van der Waals surface area (Å²) < 4.78 is 12.8. The molecule has 1 heterocycles. The number of methoxy groups -OCH3 is 1. The second-order valence-electron chi connectivity index (χ2n) is 10.8. The first-order valence-electron chi connectivity index (χ1n) is 14.2. The molecule has 0 atom stereocenters. The van der Waals surface area contributed by atoms with Crippen molar-refractivity contribution < 1.29 is 24.3 Å². The molecule has 46 heavy (non-hydrogen) atoms. The van der Waals surface area contributed by atoms with Gasteiger partial charge in [0.2, 0.25) is 5.75 Å². The van der Waals surface area contributed by atoms with Crippen LogP contribution in [-0.4, -0.2) is 39.0 Å². The van der Waals surface area contributed by atoms with Crippen LogP contribution in [0, 0.1) is 17.0 Å². The minimum Gasteiger partial charge on any atom is -0.496 e. The molecule has 0 saturated heterocycles. The molecule has 0 fully saturated rings. The summed E-state index contributed by atoms with van der Waals surface area (Å²) in [6, 6.07) is 19.8. The van der Waals surface area contributed by atoms with E-state index < -0.39 is 16.5 Å². The van der Waals surface area contributed by atoms with E-state index in [4.69, 9.17) is 14.5 Å². The van der Waals surface area contributed by atoms with Gasteiger partial charge in [0.25, 0.3) is 5.56 Å². The summed E-state index contributed by atoms with van der Waals surface area (Å²) in [4.78, 5) is 41.4. The van der Waals surface area contributed by atoms with E-state index in [1.165, 1.54) is 29.1 Å². The van der Waals surface area contributed by atoms with E-state index in [1.807, 2.05) is 32.9 Å². The number of carboxylic acids is 1. The van der Waals surface area contributed by atoms with Crippen LogP contribution in [0.15, 0.2) is 87.2 Å². The number of aromatic carboxylic acids is 1. The highest BCUT2D eigenvalue weighted by atomic mass is 79.9. The van der Waals surface area contributed by atoms with Gasteiger partial charge in [0.1, 0.15) is 12.4 Å². The van der Waals surface area contributed by atoms with Gasteiger partial charge in [0, 0.05) is 17.2 Å². The first-order valence-corrected chi connectivity index (χ1v) is 15.0. The highest BCUT2D eigenvalue weighted by molar-refractivity contribution is 9.10. The van der Waals surface area contributed by atoms with Gasteiger partial charge in [-0.25, -0.2) is 9.78 Å². The van der Waals surface area contributed by atoms with Crippen LogP contribution in [0.3, 0.4) is 0 Å². The topological polar surface area (TPSA) is 146 Å². The Morgan fingerprint density at radius 2 is 1.89 bits per heavy atom. The molecule has 4 aromatic carbocycles. The first kappa shape index (κ1) is 32.0. The third-order valence-corrected chi connectivity index (χ3v) is 7.90. The van der Waals surface area contributed by atoms with Gasteiger partial charge in [-0.05, 0) is 87.9 Å². The zero-order valence-corrected chi connectivity index (χ0v) is 26.9. The minimum atomic E-state index is -1.09. The lowest BCUT2D eigenvalue weighted by atomic mass is 9.96. The van der Waals surface area contributed by atoms with E-state index in [0.717, 1.165) is 16.9 Å². The average Bonchev–Trinajstić information content (AvgIpc) is 3.03. The predicted molar refractivity (Wildman–Crippen MR) is 178 cm³/mol. The lowest BCUT2D eigenvalue weighted by molar-refractivity contribution is -0.386. The van der Waals surface area contributed by atoms with E-state index in [1.54, 1.807) is 49.6 Å². The van der Waals surface area contributed by atoms with Gasteiger partial charge in [0.15, 0.2) is 5.82 Å². The minimum absolute atomic E-state index is 0.0387. The quantitative estimate of drug-likeness (QED) is 0.0914. The zero-order chi connectivity index (χ0) is 33.1. The summed E-state index contributed by atoms with van der Waals surface area (Å²) in [7, 11) is 1.61. The molecule has 5 aromatic rings. The van der Waals surface area contributed by atoms with Crippen molar-refractivity contribution in [2.75, 3.05) is 7.11 Å². The third-order valence-electron chi connectivity index (χ3n) is 7.32. The number of rotatable bonds is 10. The molecule has 11 nitrogen and oxygen atoms in total. The molecule has 0 spiro atoms. The van der Waals surface area contributed by atoms with Crippen molar-refractivity contribution in [1.29, 1.82) is 0 Å². The van der Waals surface area contributed by atoms with Gasteiger partial charge in [-0.15, -0.1) is 0 Å². The van der Waals surface area contributed by atoms with Crippen molar-refractivity contribution >= 4 is 44.7 Å². The number of hydrogen-bond acceptors (Lipinski definition) is 8. The predicted octanol–water partition coefficient (Wildman–Crippen LogP) is 7.33. The van der Waals surface area contributed by atoms with Crippen LogP contribution in [0.4, 0.5) is 5.69 Å². The maximum atomic E-state index is 13.8. The average molecular weight is 686 g/mol. The lowest BCUT2D eigenvalue weighted by Crippen LogP contribution is -2.20. The second kappa shape index (κ2) is 13.3. The molecule has 0 aliphatic heterocycles. The Bertz CT molecular complexity index is 2090. The van der Waals surface area contributed by atoms with E-state index in [0.29, 0.717) is 33.4 Å². The van der Waals surface area contributed by atoms with Crippen LogP contribution in [-0.2, 0) is 6.61 Å². The Balaban J connectivity index is 1.59. The highest BCUT2D eigenvalue weighted by Crippen LogP contribution is 2.37. The smallest absolute Gasteiger partial charge is 0.335 e. The van der Waals surface area contributed by atoms with E-state index in [2.05, 4.69) is 21.0 Å². The molecule has 0 unspecified atom stereocenters. The van der Waals surface area contributed by atoms with Crippen LogP contribution in [0.25, 0.3) is 22.3 Å². The van der Waals surface area contributed by atoms with Gasteiger partial charge in [-0.1, -0.05) is 38.1 Å². The molecule has 234 valence electrons. The number of aromatic nitrogens is 2. The van der Waals surface area contributed by atoms with Crippen LogP contribution >= 0.6 is 15.9 Å². The summed E-state index contributed by atoms with van der Waals surface area (Å²) in [5.41, 5.74) is 3.11. The Kier molecular flexibility index (Phi) is 9.28. The number of aryl methyl sites for hydroxylation is 1. The number of carbonyl (C=O) groups is 1. The van der Waals surface area contributed by atoms with Gasteiger partial charge < -0.3 is 14.6 Å². The molecule has 0 bridgehead atoms. The largest absolute Gasteiger partial charge is 0.496 e. The molecular weight excluding hydrogens is 656 g/mol. The number of nitro benzene ring substituents is 1. The fraction of sp³-hybridized carbons (Fsp3) is 0.176. The molecule has 12 heteroatoms. The summed E-state index contributed by atoms with van der Waals surface area (Å²) in [5.74, 6) is 0.0213. The molecule has 0 saturated carbocycles. The van der Waals surface area contributed by atoms with E-state index in [-0.39, 0.29) is 34.0 Å². The number of halogens is 1. The molecule has 1 N–H and O–H groups in total. The van der Waals surface area contributed by atoms with E-state index >= 15 is 0 Å². The Labute approximate surface area is 272 Å². The Morgan fingerprint density at radius 1 is 1.13 bits per heavy atom. The number of hydrogen-bond donors (Lipinski definition) is 1. The Morgan fingerprint density at radius 3 is 2.59 bits per heavy atom. The fourth-order valence-electron chi connectivity index (χ4n) is 5.00. The van der Waals surface area contributed by atoms with Crippen LogP contribution in [0.1, 0.15) is 52.4 Å². The molecule has 1 aromatic heterocycles. The number of benzene rings is 4. The van der Waals surface area contributed by atoms with Crippen molar-refractivity contribution in [1.82, 2.24) is 9.66 Å². The van der Waals surface area contributed by atoms with Crippen LogP contribution in [0.2, 0.25) is 0 Å². The molecule has 0 aliphatic carbocycles. The molecule has 0 radical (unpaired) electrons. The van der Waals surface area contributed by atoms with Gasteiger partial charge in [-0.3, -0.25) is 14.9 Å². The fourth-order valence-corrected chi connectivity index (χ4v) is 5.58. The number of ether oxygens (including phenoxy) is 2. The van der Waals surface area contributed by atoms with Crippen LogP contribution < -0.4 is 15.0 Å². The molecule has 0 aliphatic rings. The zero-order valence-electron chi connectivity index (χ0n) is 25.4. The van der Waals surface area contributed by atoms with Crippen molar-refractivity contribution in [3.8, 4) is 22.9 Å². The summed E-state index contributed by atoms with van der Waals surface area (Å²) in [6.45, 7) is 5.88. The number of nitro groups is 1. The molecular formula is C34H29BrN4O7. The second-order valence-corrected chi connectivity index (χ2v) is 11.6. The van der Waals surface area contributed by atoms with Crippen LogP contribution in [0.5, 0.6) is 11.5 Å². The highest BCUT2D eigenvalue weighted by Gasteiger charge is 2.22. The van der Waals surface area contributed by atoms with E-state index in [9.17, 15) is 24.8 Å². The van der Waals surface area contributed by atoms with Crippen molar-refractivity contribution in [2.24, 2.45) is 5.10 Å². The molecule has 5 rings (SSSR count). The lowest BCUT2D eigenvalue weighted by Gasteiger charge is -2.17. The van der Waals surface area contributed by atoms with Gasteiger partial charge in [0.05, 0.1) is 39.2 Å². The SMILES string of the molecule is COc1cc(C)c(-c2nc3ccccc3c(=O)n2N=Cc2cc(Br)c(OCc3cccc(C(=O)O)c3)c([N+](=O)[O-])c2)cc1C(C)C. The number of para-hydroxylation sites is 1. The van der Waals surface area contributed by atoms with Crippen molar-refractivity contribution in [3.05, 3.63) is 126 Å². The van der Waals surface area contributed by atoms with Gasteiger partial charge >= 0.3 is 11.7 Å². The standard InChI is InChI=1S/C34H29BrN4O7/c1-19(2)25-16-26(20(3)12-30(25)45-4)32-37-28-11-6-5-10-24(28)33(40)38(32)36-17-22-14-27(35)31(29(15-22)39(43)44)46-18-21-8-7-9-23(13-21)34(41)42/h5-17,19H,18H2,1-4H3,(H,41,42). The number of nitrogens with zero attached hydrogens (tertiary/aromatic N) is 4. The summed E-state index contributed by atoms with van der Waals surface area (Å²) in [5, 5.41) is 26.2. The maximum Gasteiger partial charge on any atom is 0.335 e.